The van der Waals surface area contributed by atoms with Crippen molar-refractivity contribution in [2.75, 3.05) is 6.54 Å². The lowest BCUT2D eigenvalue weighted by Gasteiger charge is -2.06. The maximum atomic E-state index is 11.9. The zero-order valence-corrected chi connectivity index (χ0v) is 11.0. The van der Waals surface area contributed by atoms with E-state index in [9.17, 15) is 8.42 Å². The first kappa shape index (κ1) is 12.8. The van der Waals surface area contributed by atoms with Crippen molar-refractivity contribution in [3.05, 3.63) is 54.6 Å². The van der Waals surface area contributed by atoms with Crippen LogP contribution in [-0.4, -0.2) is 15.0 Å². The van der Waals surface area contributed by atoms with E-state index in [2.05, 4.69) is 11.3 Å². The summed E-state index contributed by atoms with van der Waals surface area (Å²) >= 11 is 0. The zero-order valence-electron chi connectivity index (χ0n) is 10.2. The van der Waals surface area contributed by atoms with Gasteiger partial charge >= 0.3 is 0 Å². The van der Waals surface area contributed by atoms with Crippen LogP contribution in [0.2, 0.25) is 0 Å². The second kappa shape index (κ2) is 4.92. The number of hydrogen-bond donors (Lipinski definition) is 1. The van der Waals surface area contributed by atoms with Gasteiger partial charge in [-0.05, 0) is 29.8 Å². The van der Waals surface area contributed by atoms with E-state index >= 15 is 0 Å². The summed E-state index contributed by atoms with van der Waals surface area (Å²) in [5.41, 5.74) is 1.16. The van der Waals surface area contributed by atoms with Crippen molar-refractivity contribution < 1.29 is 8.42 Å². The topological polar surface area (TPSA) is 46.2 Å². The van der Waals surface area contributed by atoms with Crippen LogP contribution in [0.25, 0.3) is 10.8 Å². The minimum Gasteiger partial charge on any atom is -0.207 e. The van der Waals surface area contributed by atoms with Gasteiger partial charge in [0.15, 0.2) is 0 Å². The molecule has 2 aromatic rings. The quantitative estimate of drug-likeness (QED) is 0.860. The van der Waals surface area contributed by atoms with Crippen molar-refractivity contribution >= 4 is 20.8 Å². The third-order valence-corrected chi connectivity index (χ3v) is 4.12. The fourth-order valence-corrected chi connectivity index (χ4v) is 2.80. The molecule has 0 atom stereocenters. The maximum Gasteiger partial charge on any atom is 0.240 e. The van der Waals surface area contributed by atoms with Gasteiger partial charge in [0.25, 0.3) is 0 Å². The number of benzene rings is 2. The smallest absolute Gasteiger partial charge is 0.207 e. The first-order chi connectivity index (χ1) is 8.53. The second-order valence-electron chi connectivity index (χ2n) is 4.15. The normalized spacial score (nSPS) is 11.6. The number of fused-ring (bicyclic) bond motifs is 1. The molecule has 4 heteroatoms. The minimum atomic E-state index is -3.45. The SMILES string of the molecule is C=CCNS(=O)(=O)c1ccc2cc(C)ccc2c1. The zero-order chi connectivity index (χ0) is 13.2. The summed E-state index contributed by atoms with van der Waals surface area (Å²) < 4.78 is 26.3. The molecule has 0 saturated carbocycles. The molecular formula is C14H15NO2S. The molecule has 3 nitrogen and oxygen atoms in total. The van der Waals surface area contributed by atoms with Crippen LogP contribution in [0.1, 0.15) is 5.56 Å². The van der Waals surface area contributed by atoms with E-state index < -0.39 is 10.0 Å². The van der Waals surface area contributed by atoms with Crippen molar-refractivity contribution in [2.45, 2.75) is 11.8 Å². The lowest BCUT2D eigenvalue weighted by Crippen LogP contribution is -2.23. The van der Waals surface area contributed by atoms with Crippen LogP contribution in [0.3, 0.4) is 0 Å². The summed E-state index contributed by atoms with van der Waals surface area (Å²) in [7, 11) is -3.45. The molecular weight excluding hydrogens is 246 g/mol. The fraction of sp³-hybridized carbons (Fsp3) is 0.143. The second-order valence-corrected chi connectivity index (χ2v) is 5.92. The standard InChI is InChI=1S/C14H15NO2S/c1-3-8-15-18(16,17)14-7-6-12-9-11(2)4-5-13(12)10-14/h3-7,9-10,15H,1,8H2,2H3. The van der Waals surface area contributed by atoms with Gasteiger partial charge in [-0.15, -0.1) is 6.58 Å². The Hall–Kier alpha value is -1.65. The van der Waals surface area contributed by atoms with Crippen LogP contribution in [0.4, 0.5) is 0 Å². The predicted octanol–water partition coefficient (Wildman–Crippen LogP) is 2.61. The van der Waals surface area contributed by atoms with Gasteiger partial charge in [-0.25, -0.2) is 13.1 Å². The summed E-state index contributed by atoms with van der Waals surface area (Å²) in [6, 6.07) is 11.0. The molecule has 0 aromatic heterocycles. The molecule has 0 amide bonds. The van der Waals surface area contributed by atoms with Gasteiger partial charge in [0, 0.05) is 6.54 Å². The first-order valence-corrected chi connectivity index (χ1v) is 7.12. The molecule has 0 heterocycles. The van der Waals surface area contributed by atoms with E-state index in [1.54, 1.807) is 12.1 Å². The van der Waals surface area contributed by atoms with E-state index in [1.165, 1.54) is 6.08 Å². The summed E-state index contributed by atoms with van der Waals surface area (Å²) in [6.07, 6.45) is 1.52. The monoisotopic (exact) mass is 261 g/mol. The number of nitrogens with one attached hydrogen (secondary N) is 1. The summed E-state index contributed by atoms with van der Waals surface area (Å²) in [5.74, 6) is 0. The number of aryl methyl sites for hydroxylation is 1. The Balaban J connectivity index is 2.47. The predicted molar refractivity (Wildman–Crippen MR) is 74.1 cm³/mol. The van der Waals surface area contributed by atoms with E-state index in [0.717, 1.165) is 16.3 Å². The van der Waals surface area contributed by atoms with Gasteiger partial charge in [0.2, 0.25) is 10.0 Å². The van der Waals surface area contributed by atoms with Crippen molar-refractivity contribution in [1.82, 2.24) is 4.72 Å². The number of rotatable bonds is 4. The van der Waals surface area contributed by atoms with E-state index in [1.807, 2.05) is 31.2 Å². The van der Waals surface area contributed by atoms with Crippen LogP contribution in [0.15, 0.2) is 53.9 Å². The van der Waals surface area contributed by atoms with Gasteiger partial charge in [-0.1, -0.05) is 35.9 Å². The van der Waals surface area contributed by atoms with Gasteiger partial charge in [0.05, 0.1) is 4.90 Å². The van der Waals surface area contributed by atoms with E-state index in [-0.39, 0.29) is 11.4 Å². The average Bonchev–Trinajstić information content (AvgIpc) is 2.35. The molecule has 2 aromatic carbocycles. The Morgan fingerprint density at radius 1 is 1.17 bits per heavy atom. The molecule has 0 unspecified atom stereocenters. The molecule has 0 aliphatic rings. The molecule has 0 saturated heterocycles. The third kappa shape index (κ3) is 2.60. The van der Waals surface area contributed by atoms with Crippen molar-refractivity contribution in [1.29, 1.82) is 0 Å². The number of sulfonamides is 1. The van der Waals surface area contributed by atoms with E-state index in [4.69, 9.17) is 0 Å². The molecule has 0 radical (unpaired) electrons. The Morgan fingerprint density at radius 3 is 2.56 bits per heavy atom. The fourth-order valence-electron chi connectivity index (χ4n) is 1.76. The summed E-state index contributed by atoms with van der Waals surface area (Å²) in [5, 5.41) is 1.96. The van der Waals surface area contributed by atoms with Crippen molar-refractivity contribution in [2.24, 2.45) is 0 Å². The van der Waals surface area contributed by atoms with Gasteiger partial charge in [0.1, 0.15) is 0 Å². The Morgan fingerprint density at radius 2 is 1.83 bits per heavy atom. The van der Waals surface area contributed by atoms with Gasteiger partial charge in [-0.2, -0.15) is 0 Å². The van der Waals surface area contributed by atoms with Crippen LogP contribution < -0.4 is 4.72 Å². The third-order valence-electron chi connectivity index (χ3n) is 2.70. The van der Waals surface area contributed by atoms with Crippen LogP contribution >= 0.6 is 0 Å². The lowest BCUT2D eigenvalue weighted by atomic mass is 10.1. The van der Waals surface area contributed by atoms with Gasteiger partial charge in [-0.3, -0.25) is 0 Å². The summed E-state index contributed by atoms with van der Waals surface area (Å²) in [4.78, 5) is 0.278. The molecule has 94 valence electrons. The number of hydrogen-bond acceptors (Lipinski definition) is 2. The maximum absolute atomic E-state index is 11.9. The van der Waals surface area contributed by atoms with Crippen LogP contribution in [0, 0.1) is 6.92 Å². The highest BCUT2D eigenvalue weighted by molar-refractivity contribution is 7.89. The van der Waals surface area contributed by atoms with Crippen LogP contribution in [-0.2, 0) is 10.0 Å². The summed E-state index contributed by atoms with van der Waals surface area (Å²) in [6.45, 7) is 5.73. The molecule has 0 fully saturated rings. The van der Waals surface area contributed by atoms with Crippen LogP contribution in [0.5, 0.6) is 0 Å². The minimum absolute atomic E-state index is 0.230. The van der Waals surface area contributed by atoms with E-state index in [0.29, 0.717) is 0 Å². The Bertz CT molecular complexity index is 690. The van der Waals surface area contributed by atoms with Gasteiger partial charge < -0.3 is 0 Å². The highest BCUT2D eigenvalue weighted by Crippen LogP contribution is 2.20. The Labute approximate surface area is 107 Å². The van der Waals surface area contributed by atoms with Crippen molar-refractivity contribution in [3.8, 4) is 0 Å². The molecule has 0 bridgehead atoms. The molecule has 0 aliphatic heterocycles. The molecule has 1 N–H and O–H groups in total. The Kier molecular flexibility index (Phi) is 3.50. The molecule has 0 spiro atoms. The molecule has 2 rings (SSSR count). The largest absolute Gasteiger partial charge is 0.240 e. The highest BCUT2D eigenvalue weighted by Gasteiger charge is 2.12. The highest BCUT2D eigenvalue weighted by atomic mass is 32.2. The molecule has 0 aliphatic carbocycles. The van der Waals surface area contributed by atoms with Crippen molar-refractivity contribution in [3.63, 3.8) is 0 Å². The first-order valence-electron chi connectivity index (χ1n) is 5.64. The average molecular weight is 261 g/mol. The molecule has 18 heavy (non-hydrogen) atoms. The lowest BCUT2D eigenvalue weighted by molar-refractivity contribution is 0.586.